The number of amides is 1. The quantitative estimate of drug-likeness (QED) is 0.428. The smallest absolute Gasteiger partial charge is 0.302 e. The van der Waals surface area contributed by atoms with Gasteiger partial charge in [0, 0.05) is 31.1 Å². The van der Waals surface area contributed by atoms with Crippen molar-refractivity contribution in [3.05, 3.63) is 21.0 Å². The molecule has 1 saturated heterocycles. The number of rotatable bonds is 3. The molecule has 5 nitrogen and oxygen atoms in total. The number of nitrogens with zero attached hydrogens (tertiary/aromatic N) is 2. The van der Waals surface area contributed by atoms with Crippen molar-refractivity contribution in [2.24, 2.45) is 5.92 Å². The minimum Gasteiger partial charge on any atom is -0.311 e. The van der Waals surface area contributed by atoms with Gasteiger partial charge >= 0.3 is 10.2 Å². The fraction of sp³-hybridized carbons (Fsp3) is 0.400. The number of hydrogen-bond donors (Lipinski definition) is 0. The first-order valence-corrected chi connectivity index (χ1v) is 8.31. The Kier molecular flexibility index (Phi) is 4.31. The van der Waals surface area contributed by atoms with Gasteiger partial charge in [0.05, 0.1) is 15.0 Å². The molecule has 0 bridgehead atoms. The van der Waals surface area contributed by atoms with Crippen molar-refractivity contribution >= 4 is 56.0 Å². The average molecular weight is 419 g/mol. The molecule has 1 aliphatic rings. The van der Waals surface area contributed by atoms with Crippen LogP contribution in [0.2, 0.25) is 5.15 Å². The first kappa shape index (κ1) is 14.9. The highest BCUT2D eigenvalue weighted by Crippen LogP contribution is 2.30. The van der Waals surface area contributed by atoms with Crippen molar-refractivity contribution in [2.75, 3.05) is 17.2 Å². The Labute approximate surface area is 128 Å². The van der Waals surface area contributed by atoms with Crippen LogP contribution in [0.25, 0.3) is 0 Å². The highest BCUT2D eigenvalue weighted by atomic mass is 127. The van der Waals surface area contributed by atoms with E-state index in [1.54, 1.807) is 0 Å². The number of halogens is 3. The van der Waals surface area contributed by atoms with Crippen LogP contribution >= 0.6 is 34.2 Å². The molecule has 1 unspecified atom stereocenters. The van der Waals surface area contributed by atoms with E-state index in [0.29, 0.717) is 5.69 Å². The van der Waals surface area contributed by atoms with Gasteiger partial charge in [-0.2, -0.15) is 8.42 Å². The van der Waals surface area contributed by atoms with Crippen molar-refractivity contribution < 1.29 is 17.1 Å². The molecule has 0 spiro atoms. The lowest BCUT2D eigenvalue weighted by Gasteiger charge is -2.18. The summed E-state index contributed by atoms with van der Waals surface area (Å²) in [5.41, 5.74) is 0.573. The van der Waals surface area contributed by atoms with E-state index in [-0.39, 0.29) is 24.0 Å². The van der Waals surface area contributed by atoms with Crippen molar-refractivity contribution in [1.82, 2.24) is 4.98 Å². The van der Waals surface area contributed by atoms with Gasteiger partial charge in [0.2, 0.25) is 5.91 Å². The first-order chi connectivity index (χ1) is 8.76. The third-order valence-corrected chi connectivity index (χ3v) is 4.64. The molecule has 2 heterocycles. The minimum absolute atomic E-state index is 0.0131. The minimum atomic E-state index is -4.57. The van der Waals surface area contributed by atoms with Crippen LogP contribution in [0.5, 0.6) is 0 Å². The number of carbonyl (C=O) groups is 1. The number of hydrogen-bond acceptors (Lipinski definition) is 4. The molecule has 1 amide bonds. The summed E-state index contributed by atoms with van der Waals surface area (Å²) in [4.78, 5) is 17.2. The summed E-state index contributed by atoms with van der Waals surface area (Å²) in [6.45, 7) is 0.165. The van der Waals surface area contributed by atoms with Crippen LogP contribution in [0.15, 0.2) is 12.3 Å². The Morgan fingerprint density at radius 2 is 2.26 bits per heavy atom. The Bertz CT molecular complexity index is 625. The molecular formula is C10H9ClFIN2O3S. The molecule has 19 heavy (non-hydrogen) atoms. The molecule has 1 aliphatic heterocycles. The van der Waals surface area contributed by atoms with E-state index in [1.807, 2.05) is 22.6 Å². The summed E-state index contributed by atoms with van der Waals surface area (Å²) in [5.74, 6) is -1.41. The summed E-state index contributed by atoms with van der Waals surface area (Å²) < 4.78 is 34.6. The Hall–Kier alpha value is -0.480. The lowest BCUT2D eigenvalue weighted by molar-refractivity contribution is -0.117. The standard InChI is InChI=1S/C10H9ClFIN2O3S/c11-9-2-8(7(13)3-14-9)15-4-6(1-10(15)16)5-19(12,17)18/h2-3,6H,1,4-5H2. The molecule has 0 saturated carbocycles. The van der Waals surface area contributed by atoms with E-state index in [0.717, 1.165) is 3.57 Å². The van der Waals surface area contributed by atoms with Crippen molar-refractivity contribution in [3.8, 4) is 0 Å². The van der Waals surface area contributed by atoms with E-state index in [1.165, 1.54) is 17.2 Å². The summed E-state index contributed by atoms with van der Waals surface area (Å²) in [6.07, 6.45) is 1.53. The first-order valence-electron chi connectivity index (χ1n) is 5.30. The average Bonchev–Trinajstić information content (AvgIpc) is 2.60. The highest BCUT2D eigenvalue weighted by Gasteiger charge is 2.34. The van der Waals surface area contributed by atoms with Crippen molar-refractivity contribution in [3.63, 3.8) is 0 Å². The van der Waals surface area contributed by atoms with Crippen molar-refractivity contribution in [2.45, 2.75) is 6.42 Å². The van der Waals surface area contributed by atoms with E-state index in [9.17, 15) is 17.1 Å². The van der Waals surface area contributed by atoms with Crippen LogP contribution in [-0.4, -0.2) is 31.6 Å². The Balaban J connectivity index is 2.23. The third kappa shape index (κ3) is 3.76. The predicted octanol–water partition coefficient (Wildman–Crippen LogP) is 1.99. The summed E-state index contributed by atoms with van der Waals surface area (Å²) in [7, 11) is -4.57. The van der Waals surface area contributed by atoms with Crippen LogP contribution in [-0.2, 0) is 15.0 Å². The topological polar surface area (TPSA) is 67.3 Å². The molecule has 9 heteroatoms. The second-order valence-corrected chi connectivity index (χ2v) is 7.20. The molecule has 1 aromatic heterocycles. The van der Waals surface area contributed by atoms with Gasteiger partial charge in [-0.25, -0.2) is 4.98 Å². The number of anilines is 1. The molecule has 1 aromatic rings. The van der Waals surface area contributed by atoms with E-state index < -0.39 is 21.9 Å². The maximum absolute atomic E-state index is 12.7. The molecule has 1 atom stereocenters. The number of aromatic nitrogens is 1. The SMILES string of the molecule is O=C1CC(CS(=O)(=O)F)CN1c1cc(Cl)ncc1I. The summed E-state index contributed by atoms with van der Waals surface area (Å²) in [5, 5.41) is 0.241. The second-order valence-electron chi connectivity index (χ2n) is 4.24. The van der Waals surface area contributed by atoms with Gasteiger partial charge in [-0.05, 0) is 22.6 Å². The molecular weight excluding hydrogens is 410 g/mol. The van der Waals surface area contributed by atoms with Gasteiger partial charge in [-0.15, -0.1) is 3.89 Å². The van der Waals surface area contributed by atoms with Gasteiger partial charge in [0.1, 0.15) is 5.15 Å². The molecule has 0 radical (unpaired) electrons. The predicted molar refractivity (Wildman–Crippen MR) is 77.3 cm³/mol. The van der Waals surface area contributed by atoms with Gasteiger partial charge in [-0.1, -0.05) is 11.6 Å². The second kappa shape index (κ2) is 5.49. The summed E-state index contributed by atoms with van der Waals surface area (Å²) >= 11 is 7.78. The molecule has 1 fully saturated rings. The van der Waals surface area contributed by atoms with Crippen LogP contribution in [0, 0.1) is 9.49 Å². The van der Waals surface area contributed by atoms with Crippen LogP contribution in [0.3, 0.4) is 0 Å². The highest BCUT2D eigenvalue weighted by molar-refractivity contribution is 14.1. The lowest BCUT2D eigenvalue weighted by atomic mass is 10.1. The zero-order chi connectivity index (χ0) is 14.2. The largest absolute Gasteiger partial charge is 0.311 e. The Morgan fingerprint density at radius 1 is 1.58 bits per heavy atom. The molecule has 104 valence electrons. The van der Waals surface area contributed by atoms with Crippen LogP contribution in [0.4, 0.5) is 9.57 Å². The molecule has 0 N–H and O–H groups in total. The van der Waals surface area contributed by atoms with Crippen LogP contribution in [0.1, 0.15) is 6.42 Å². The fourth-order valence-electron chi connectivity index (χ4n) is 2.02. The maximum atomic E-state index is 12.7. The number of carbonyl (C=O) groups excluding carboxylic acids is 1. The van der Waals surface area contributed by atoms with E-state index >= 15 is 0 Å². The lowest BCUT2D eigenvalue weighted by Crippen LogP contribution is -2.26. The zero-order valence-corrected chi connectivity index (χ0v) is 13.2. The van der Waals surface area contributed by atoms with E-state index in [2.05, 4.69) is 4.98 Å². The summed E-state index contributed by atoms with van der Waals surface area (Å²) in [6, 6.07) is 1.54. The van der Waals surface area contributed by atoms with Gasteiger partial charge in [0.25, 0.3) is 0 Å². The molecule has 0 aromatic carbocycles. The van der Waals surface area contributed by atoms with Gasteiger partial charge in [0.15, 0.2) is 0 Å². The fourth-order valence-corrected chi connectivity index (χ4v) is 3.54. The van der Waals surface area contributed by atoms with Gasteiger partial charge < -0.3 is 4.90 Å². The van der Waals surface area contributed by atoms with Crippen molar-refractivity contribution in [1.29, 1.82) is 0 Å². The normalized spacial score (nSPS) is 20.1. The van der Waals surface area contributed by atoms with Gasteiger partial charge in [-0.3, -0.25) is 4.79 Å². The monoisotopic (exact) mass is 418 g/mol. The maximum Gasteiger partial charge on any atom is 0.302 e. The Morgan fingerprint density at radius 3 is 2.89 bits per heavy atom. The van der Waals surface area contributed by atoms with E-state index in [4.69, 9.17) is 11.6 Å². The zero-order valence-electron chi connectivity index (χ0n) is 9.51. The van der Waals surface area contributed by atoms with Crippen LogP contribution < -0.4 is 4.90 Å². The molecule has 2 rings (SSSR count). The number of pyridine rings is 1. The molecule has 0 aliphatic carbocycles. The third-order valence-electron chi connectivity index (χ3n) is 2.73.